The minimum absolute atomic E-state index is 0.0926. The zero-order valence-corrected chi connectivity index (χ0v) is 2.82. The maximum Gasteiger partial charge on any atom is 0.0593 e. The summed E-state index contributed by atoms with van der Waals surface area (Å²) in [6, 6.07) is 0.0926. The molecule has 1 aliphatic carbocycles. The van der Waals surface area contributed by atoms with E-state index < -0.39 is 0 Å². The fraction of sp³-hybridized carbons (Fsp3) is 1.00. The van der Waals surface area contributed by atoms with Crippen molar-refractivity contribution in [1.82, 2.24) is 5.54 Å². The Hall–Kier alpha value is -0.110. The molecule has 0 aromatic rings. The Bertz CT molecular complexity index is 33.9. The molecule has 1 rings (SSSR count). The van der Waals surface area contributed by atoms with Gasteiger partial charge in [0.05, 0.1) is 6.04 Å². The standard InChI is InChI=1S/C3H5FN/c4-5-3-1-2-3/h3H,1-2H2. The lowest BCUT2D eigenvalue weighted by Gasteiger charge is -1.69. The first-order valence-corrected chi connectivity index (χ1v) is 1.74. The molecule has 0 aromatic heterocycles. The largest absolute Gasteiger partial charge is 0.115 e. The summed E-state index contributed by atoms with van der Waals surface area (Å²) < 4.78 is 10.8. The van der Waals surface area contributed by atoms with Crippen molar-refractivity contribution in [1.29, 1.82) is 0 Å². The van der Waals surface area contributed by atoms with Crippen LogP contribution in [0.3, 0.4) is 0 Å². The van der Waals surface area contributed by atoms with Crippen LogP contribution in [0, 0.1) is 0 Å². The SMILES string of the molecule is F[N]C1CC1. The maximum atomic E-state index is 10.8. The molecule has 0 N–H and O–H groups in total. The van der Waals surface area contributed by atoms with Gasteiger partial charge in [0.25, 0.3) is 0 Å². The number of hydrogen-bond donors (Lipinski definition) is 0. The van der Waals surface area contributed by atoms with E-state index in [4.69, 9.17) is 0 Å². The second kappa shape index (κ2) is 0.937. The minimum Gasteiger partial charge on any atom is -0.115 e. The normalized spacial score (nSPS) is 23.4. The third-order valence-electron chi connectivity index (χ3n) is 0.685. The summed E-state index contributed by atoms with van der Waals surface area (Å²) >= 11 is 0. The lowest BCUT2D eigenvalue weighted by atomic mass is 10.8. The first kappa shape index (κ1) is 3.09. The summed E-state index contributed by atoms with van der Waals surface area (Å²) in [7, 11) is 0. The van der Waals surface area contributed by atoms with Gasteiger partial charge in [-0.3, -0.25) is 0 Å². The highest BCUT2D eigenvalue weighted by atomic mass is 19.2. The van der Waals surface area contributed by atoms with Gasteiger partial charge in [0, 0.05) is 0 Å². The molecular weight excluding hydrogens is 69.0 g/mol. The number of nitrogens with zero attached hydrogens (tertiary/aromatic N) is 1. The van der Waals surface area contributed by atoms with E-state index in [0.717, 1.165) is 12.8 Å². The molecular formula is C3H5FN. The molecule has 0 aromatic carbocycles. The van der Waals surface area contributed by atoms with Gasteiger partial charge in [-0.05, 0) is 18.4 Å². The molecule has 5 heavy (non-hydrogen) atoms. The van der Waals surface area contributed by atoms with Crippen molar-refractivity contribution in [2.75, 3.05) is 0 Å². The maximum absolute atomic E-state index is 10.8. The average molecular weight is 74.1 g/mol. The Morgan fingerprint density at radius 2 is 2.20 bits per heavy atom. The van der Waals surface area contributed by atoms with Gasteiger partial charge in [0.1, 0.15) is 0 Å². The van der Waals surface area contributed by atoms with Gasteiger partial charge in [-0.15, -0.1) is 4.48 Å². The summed E-state index contributed by atoms with van der Waals surface area (Å²) in [4.78, 5) is 0. The molecule has 1 fully saturated rings. The van der Waals surface area contributed by atoms with Crippen molar-refractivity contribution in [2.24, 2.45) is 0 Å². The van der Waals surface area contributed by atoms with Crippen LogP contribution in [0.25, 0.3) is 0 Å². The van der Waals surface area contributed by atoms with E-state index in [2.05, 4.69) is 5.54 Å². The Morgan fingerprint density at radius 3 is 2.20 bits per heavy atom. The summed E-state index contributed by atoms with van der Waals surface area (Å²) in [6.07, 6.45) is 1.94. The van der Waals surface area contributed by atoms with E-state index in [0.29, 0.717) is 0 Å². The Balaban J connectivity index is 2.00. The van der Waals surface area contributed by atoms with Crippen LogP contribution >= 0.6 is 0 Å². The van der Waals surface area contributed by atoms with Crippen molar-refractivity contribution in [3.8, 4) is 0 Å². The lowest BCUT2D eigenvalue weighted by molar-refractivity contribution is 0.315. The fourth-order valence-corrected chi connectivity index (χ4v) is 0.172. The van der Waals surface area contributed by atoms with E-state index in [1.165, 1.54) is 0 Å². The van der Waals surface area contributed by atoms with Crippen LogP contribution in [-0.2, 0) is 0 Å². The molecule has 0 atom stereocenters. The van der Waals surface area contributed by atoms with Crippen LogP contribution in [0.4, 0.5) is 4.48 Å². The summed E-state index contributed by atoms with van der Waals surface area (Å²) in [5, 5.41) is 0. The number of hydrogen-bond acceptors (Lipinski definition) is 0. The number of halogens is 1. The molecule has 1 saturated carbocycles. The zero-order valence-electron chi connectivity index (χ0n) is 2.82. The molecule has 1 radical (unpaired) electrons. The Kier molecular flexibility index (Phi) is 0.580. The minimum atomic E-state index is 0.0926. The molecule has 0 bridgehead atoms. The summed E-state index contributed by atoms with van der Waals surface area (Å²) in [5.74, 6) is 0. The van der Waals surface area contributed by atoms with Gasteiger partial charge in [-0.2, -0.15) is 0 Å². The Morgan fingerprint density at radius 1 is 1.60 bits per heavy atom. The van der Waals surface area contributed by atoms with Crippen LogP contribution in [0.1, 0.15) is 12.8 Å². The predicted octanol–water partition coefficient (Wildman–Crippen LogP) is 0.638. The summed E-state index contributed by atoms with van der Waals surface area (Å²) in [6.45, 7) is 0. The second-order valence-electron chi connectivity index (χ2n) is 1.33. The smallest absolute Gasteiger partial charge is 0.0593 e. The predicted molar refractivity (Wildman–Crippen MR) is 16.3 cm³/mol. The van der Waals surface area contributed by atoms with Crippen molar-refractivity contribution >= 4 is 0 Å². The summed E-state index contributed by atoms with van der Waals surface area (Å²) in [5.41, 5.74) is 2.50. The molecule has 1 nitrogen and oxygen atoms in total. The van der Waals surface area contributed by atoms with E-state index in [-0.39, 0.29) is 6.04 Å². The first-order chi connectivity index (χ1) is 2.43. The third kappa shape index (κ3) is 0.581. The van der Waals surface area contributed by atoms with Crippen molar-refractivity contribution in [2.45, 2.75) is 18.9 Å². The van der Waals surface area contributed by atoms with Crippen LogP contribution < -0.4 is 5.54 Å². The quantitative estimate of drug-likeness (QED) is 0.433. The number of rotatable bonds is 1. The molecule has 2 heteroatoms. The van der Waals surface area contributed by atoms with E-state index in [1.807, 2.05) is 0 Å². The van der Waals surface area contributed by atoms with Crippen molar-refractivity contribution in [3.05, 3.63) is 0 Å². The molecule has 0 aliphatic heterocycles. The van der Waals surface area contributed by atoms with Gasteiger partial charge in [0.2, 0.25) is 0 Å². The zero-order chi connectivity index (χ0) is 3.70. The monoisotopic (exact) mass is 74.0 g/mol. The van der Waals surface area contributed by atoms with Crippen molar-refractivity contribution < 1.29 is 4.48 Å². The highest BCUT2D eigenvalue weighted by molar-refractivity contribution is 4.76. The molecule has 0 saturated heterocycles. The van der Waals surface area contributed by atoms with Gasteiger partial charge in [-0.1, -0.05) is 0 Å². The molecule has 1 aliphatic rings. The molecule has 0 unspecified atom stereocenters. The van der Waals surface area contributed by atoms with Crippen LogP contribution in [-0.4, -0.2) is 6.04 Å². The van der Waals surface area contributed by atoms with Crippen LogP contribution in [0.15, 0.2) is 0 Å². The van der Waals surface area contributed by atoms with Gasteiger partial charge < -0.3 is 0 Å². The van der Waals surface area contributed by atoms with Crippen molar-refractivity contribution in [3.63, 3.8) is 0 Å². The third-order valence-corrected chi connectivity index (χ3v) is 0.685. The topological polar surface area (TPSA) is 14.1 Å². The fourth-order valence-electron chi connectivity index (χ4n) is 0.172. The highest BCUT2D eigenvalue weighted by Gasteiger charge is 2.21. The first-order valence-electron chi connectivity index (χ1n) is 1.74. The van der Waals surface area contributed by atoms with Gasteiger partial charge in [0.15, 0.2) is 0 Å². The second-order valence-corrected chi connectivity index (χ2v) is 1.33. The van der Waals surface area contributed by atoms with Crippen LogP contribution in [0.2, 0.25) is 0 Å². The van der Waals surface area contributed by atoms with E-state index in [1.54, 1.807) is 0 Å². The Labute approximate surface area is 30.1 Å². The van der Waals surface area contributed by atoms with Gasteiger partial charge >= 0.3 is 0 Å². The lowest BCUT2D eigenvalue weighted by Crippen LogP contribution is -1.89. The molecule has 0 heterocycles. The van der Waals surface area contributed by atoms with E-state index in [9.17, 15) is 4.48 Å². The van der Waals surface area contributed by atoms with Crippen LogP contribution in [0.5, 0.6) is 0 Å². The highest BCUT2D eigenvalue weighted by Crippen LogP contribution is 2.19. The average Bonchev–Trinajstić information content (AvgIpc) is 2.12. The van der Waals surface area contributed by atoms with Gasteiger partial charge in [-0.25, -0.2) is 0 Å². The van der Waals surface area contributed by atoms with E-state index >= 15 is 0 Å². The molecule has 29 valence electrons. The molecule has 0 spiro atoms. The molecule has 0 amide bonds.